The molecular formula is C20H27N. The second kappa shape index (κ2) is 6.44. The van der Waals surface area contributed by atoms with E-state index in [1.54, 1.807) is 0 Å². The number of aryl methyl sites for hydroxylation is 2. The van der Waals surface area contributed by atoms with Crippen LogP contribution < -0.4 is 5.73 Å². The zero-order valence-electron chi connectivity index (χ0n) is 13.7. The lowest BCUT2D eigenvalue weighted by molar-refractivity contribution is 0.420. The third-order valence-electron chi connectivity index (χ3n) is 4.65. The van der Waals surface area contributed by atoms with Gasteiger partial charge in [-0.2, -0.15) is 0 Å². The minimum Gasteiger partial charge on any atom is -0.323 e. The van der Waals surface area contributed by atoms with E-state index in [0.29, 0.717) is 0 Å². The lowest BCUT2D eigenvalue weighted by Gasteiger charge is -2.33. The first-order chi connectivity index (χ1) is 10.0. The van der Waals surface area contributed by atoms with Gasteiger partial charge in [-0.1, -0.05) is 76.2 Å². The molecular weight excluding hydrogens is 254 g/mol. The number of nitrogens with two attached hydrogens (primary N) is 1. The van der Waals surface area contributed by atoms with Crippen molar-refractivity contribution in [1.82, 2.24) is 0 Å². The van der Waals surface area contributed by atoms with Crippen molar-refractivity contribution >= 4 is 0 Å². The highest BCUT2D eigenvalue weighted by atomic mass is 14.7. The number of hydrogen-bond donors (Lipinski definition) is 1. The Morgan fingerprint density at radius 1 is 0.905 bits per heavy atom. The van der Waals surface area contributed by atoms with Gasteiger partial charge in [0.1, 0.15) is 0 Å². The Bertz CT molecular complexity index is 584. The number of benzene rings is 2. The van der Waals surface area contributed by atoms with Crippen molar-refractivity contribution in [3.63, 3.8) is 0 Å². The average Bonchev–Trinajstić information content (AvgIpc) is 2.54. The summed E-state index contributed by atoms with van der Waals surface area (Å²) in [5, 5.41) is 0. The molecule has 2 N–H and O–H groups in total. The summed E-state index contributed by atoms with van der Waals surface area (Å²) in [5.41, 5.74) is 11.9. The zero-order valence-corrected chi connectivity index (χ0v) is 13.7. The van der Waals surface area contributed by atoms with Gasteiger partial charge in [0.05, 0.1) is 0 Å². The van der Waals surface area contributed by atoms with Gasteiger partial charge >= 0.3 is 0 Å². The molecule has 1 nitrogen and oxygen atoms in total. The van der Waals surface area contributed by atoms with Crippen molar-refractivity contribution in [2.45, 2.75) is 52.0 Å². The maximum Gasteiger partial charge on any atom is 0.0387 e. The smallest absolute Gasteiger partial charge is 0.0387 e. The topological polar surface area (TPSA) is 26.0 Å². The van der Waals surface area contributed by atoms with Crippen molar-refractivity contribution in [3.05, 3.63) is 70.8 Å². The Morgan fingerprint density at radius 2 is 1.52 bits per heavy atom. The summed E-state index contributed by atoms with van der Waals surface area (Å²) in [4.78, 5) is 0. The van der Waals surface area contributed by atoms with Crippen molar-refractivity contribution < 1.29 is 0 Å². The van der Waals surface area contributed by atoms with Crippen LogP contribution in [0.5, 0.6) is 0 Å². The highest BCUT2D eigenvalue weighted by Crippen LogP contribution is 2.35. The van der Waals surface area contributed by atoms with E-state index < -0.39 is 0 Å². The maximum absolute atomic E-state index is 6.62. The molecule has 2 aromatic rings. The van der Waals surface area contributed by atoms with Gasteiger partial charge < -0.3 is 5.73 Å². The van der Waals surface area contributed by atoms with Crippen LogP contribution >= 0.6 is 0 Å². The van der Waals surface area contributed by atoms with Gasteiger partial charge in [0.2, 0.25) is 0 Å². The van der Waals surface area contributed by atoms with Gasteiger partial charge in [0.15, 0.2) is 0 Å². The molecule has 0 spiro atoms. The molecule has 1 heteroatoms. The standard InChI is InChI=1S/C20H27N/c1-5-15-12-13-17(14-16(15)6-2)19(21)20(3,4)18-10-8-7-9-11-18/h7-14,19H,5-6,21H2,1-4H3. The van der Waals surface area contributed by atoms with Gasteiger partial charge in [-0.05, 0) is 35.1 Å². The van der Waals surface area contributed by atoms with E-state index in [1.807, 2.05) is 0 Å². The minimum absolute atomic E-state index is 0.00361. The fourth-order valence-electron chi connectivity index (χ4n) is 2.98. The van der Waals surface area contributed by atoms with Gasteiger partial charge in [0, 0.05) is 11.5 Å². The summed E-state index contributed by atoms with van der Waals surface area (Å²) in [5.74, 6) is 0. The first kappa shape index (κ1) is 15.8. The summed E-state index contributed by atoms with van der Waals surface area (Å²) in [6.45, 7) is 8.88. The summed E-state index contributed by atoms with van der Waals surface area (Å²) < 4.78 is 0. The van der Waals surface area contributed by atoms with Gasteiger partial charge in [0.25, 0.3) is 0 Å². The van der Waals surface area contributed by atoms with Gasteiger partial charge in [-0.15, -0.1) is 0 Å². The van der Waals surface area contributed by atoms with Crippen LogP contribution in [0.25, 0.3) is 0 Å². The highest BCUT2D eigenvalue weighted by Gasteiger charge is 2.29. The van der Waals surface area contributed by atoms with E-state index in [-0.39, 0.29) is 11.5 Å². The second-order valence-electron chi connectivity index (χ2n) is 6.30. The molecule has 0 aliphatic carbocycles. The Kier molecular flexibility index (Phi) is 4.84. The molecule has 0 fully saturated rings. The monoisotopic (exact) mass is 281 g/mol. The quantitative estimate of drug-likeness (QED) is 0.838. The van der Waals surface area contributed by atoms with Crippen LogP contribution in [0.3, 0.4) is 0 Å². The van der Waals surface area contributed by atoms with E-state index in [9.17, 15) is 0 Å². The van der Waals surface area contributed by atoms with E-state index in [0.717, 1.165) is 12.8 Å². The number of hydrogen-bond acceptors (Lipinski definition) is 1. The Labute approximate surface area is 129 Å². The van der Waals surface area contributed by atoms with Crippen LogP contribution in [0.4, 0.5) is 0 Å². The summed E-state index contributed by atoms with van der Waals surface area (Å²) in [7, 11) is 0. The Morgan fingerprint density at radius 3 is 2.10 bits per heavy atom. The van der Waals surface area contributed by atoms with Crippen LogP contribution in [0.2, 0.25) is 0 Å². The first-order valence-corrected chi connectivity index (χ1v) is 7.93. The van der Waals surface area contributed by atoms with E-state index in [1.165, 1.54) is 22.3 Å². The minimum atomic E-state index is -0.0833. The molecule has 0 radical (unpaired) electrons. The number of rotatable bonds is 5. The van der Waals surface area contributed by atoms with Crippen LogP contribution in [-0.4, -0.2) is 0 Å². The molecule has 0 aliphatic heterocycles. The molecule has 2 aromatic carbocycles. The fraction of sp³-hybridized carbons (Fsp3) is 0.400. The predicted octanol–water partition coefficient (Wildman–Crippen LogP) is 4.79. The van der Waals surface area contributed by atoms with Crippen LogP contribution in [0, 0.1) is 0 Å². The lowest BCUT2D eigenvalue weighted by Crippen LogP contribution is -2.33. The molecule has 1 unspecified atom stereocenters. The molecule has 112 valence electrons. The third-order valence-corrected chi connectivity index (χ3v) is 4.65. The molecule has 0 heterocycles. The molecule has 0 saturated carbocycles. The average molecular weight is 281 g/mol. The molecule has 0 aromatic heterocycles. The largest absolute Gasteiger partial charge is 0.323 e. The normalized spacial score (nSPS) is 13.2. The Hall–Kier alpha value is -1.60. The molecule has 0 saturated heterocycles. The predicted molar refractivity (Wildman–Crippen MR) is 91.6 cm³/mol. The van der Waals surface area contributed by atoms with E-state index in [2.05, 4.69) is 76.2 Å². The first-order valence-electron chi connectivity index (χ1n) is 7.93. The molecule has 1 atom stereocenters. The van der Waals surface area contributed by atoms with Crippen molar-refractivity contribution in [3.8, 4) is 0 Å². The Balaban J connectivity index is 2.37. The molecule has 0 amide bonds. The zero-order chi connectivity index (χ0) is 15.5. The fourth-order valence-corrected chi connectivity index (χ4v) is 2.98. The van der Waals surface area contributed by atoms with Crippen molar-refractivity contribution in [2.24, 2.45) is 5.73 Å². The highest BCUT2D eigenvalue weighted by molar-refractivity contribution is 5.37. The van der Waals surface area contributed by atoms with Gasteiger partial charge in [-0.25, -0.2) is 0 Å². The summed E-state index contributed by atoms with van der Waals surface area (Å²) in [6, 6.07) is 17.3. The van der Waals surface area contributed by atoms with Crippen LogP contribution in [-0.2, 0) is 18.3 Å². The molecule has 21 heavy (non-hydrogen) atoms. The van der Waals surface area contributed by atoms with Crippen LogP contribution in [0.15, 0.2) is 48.5 Å². The molecule has 0 bridgehead atoms. The lowest BCUT2D eigenvalue weighted by atomic mass is 9.75. The maximum atomic E-state index is 6.62. The summed E-state index contributed by atoms with van der Waals surface area (Å²) in [6.07, 6.45) is 2.15. The van der Waals surface area contributed by atoms with Crippen LogP contribution in [0.1, 0.15) is 56.0 Å². The summed E-state index contributed by atoms with van der Waals surface area (Å²) >= 11 is 0. The second-order valence-corrected chi connectivity index (χ2v) is 6.30. The molecule has 0 aliphatic rings. The molecule has 2 rings (SSSR count). The third kappa shape index (κ3) is 3.19. The van der Waals surface area contributed by atoms with Gasteiger partial charge in [-0.3, -0.25) is 0 Å². The van der Waals surface area contributed by atoms with Crippen molar-refractivity contribution in [1.29, 1.82) is 0 Å². The van der Waals surface area contributed by atoms with Crippen molar-refractivity contribution in [2.75, 3.05) is 0 Å². The van der Waals surface area contributed by atoms with E-state index in [4.69, 9.17) is 5.73 Å². The SMILES string of the molecule is CCc1ccc(C(N)C(C)(C)c2ccccc2)cc1CC. The van der Waals surface area contributed by atoms with E-state index >= 15 is 0 Å².